The van der Waals surface area contributed by atoms with E-state index in [1.54, 1.807) is 0 Å². The average molecular weight is 381 g/mol. The lowest BCUT2D eigenvalue weighted by atomic mass is 9.79. The number of anilines is 1. The summed E-state index contributed by atoms with van der Waals surface area (Å²) < 4.78 is 13.4. The van der Waals surface area contributed by atoms with Crippen molar-refractivity contribution in [1.29, 1.82) is 0 Å². The van der Waals surface area contributed by atoms with Crippen molar-refractivity contribution in [3.8, 4) is 0 Å². The molecule has 2 saturated heterocycles. The number of rotatable bonds is 2. The summed E-state index contributed by atoms with van der Waals surface area (Å²) in [5, 5.41) is 0. The summed E-state index contributed by atoms with van der Waals surface area (Å²) in [6.07, 6.45) is 0. The van der Waals surface area contributed by atoms with Crippen molar-refractivity contribution >= 4 is 34.2 Å². The molecule has 1 aromatic rings. The van der Waals surface area contributed by atoms with Crippen molar-refractivity contribution in [2.75, 3.05) is 38.1 Å². The van der Waals surface area contributed by atoms with Gasteiger partial charge in [0.25, 0.3) is 0 Å². The number of halogens is 1. The standard InChI is InChI=1S/C17H26BBrN2O2/c1-16(2)17(3,4)23-18(22-16)14-7-6-13(12-15(14)19)21-10-8-20(5)9-11-21/h6-7,12H,8-11H2,1-5H3. The molecular formula is C17H26BBrN2O2. The van der Waals surface area contributed by atoms with E-state index < -0.39 is 0 Å². The molecule has 0 amide bonds. The van der Waals surface area contributed by atoms with Crippen LogP contribution in [0.5, 0.6) is 0 Å². The van der Waals surface area contributed by atoms with Crippen molar-refractivity contribution in [3.63, 3.8) is 0 Å². The fourth-order valence-corrected chi connectivity index (χ4v) is 3.49. The molecule has 0 aliphatic carbocycles. The topological polar surface area (TPSA) is 24.9 Å². The molecule has 3 rings (SSSR count). The third kappa shape index (κ3) is 3.32. The van der Waals surface area contributed by atoms with Crippen LogP contribution in [-0.4, -0.2) is 56.4 Å². The van der Waals surface area contributed by atoms with Crippen LogP contribution < -0.4 is 10.4 Å². The highest BCUT2D eigenvalue weighted by molar-refractivity contribution is 9.10. The summed E-state index contributed by atoms with van der Waals surface area (Å²) in [5.74, 6) is 0. The number of likely N-dealkylation sites (N-methyl/N-ethyl adjacent to an activating group) is 1. The lowest BCUT2D eigenvalue weighted by Crippen LogP contribution is -2.44. The van der Waals surface area contributed by atoms with E-state index in [4.69, 9.17) is 9.31 Å². The maximum Gasteiger partial charge on any atom is 0.495 e. The van der Waals surface area contributed by atoms with Crippen LogP contribution in [0.3, 0.4) is 0 Å². The molecule has 0 aromatic heterocycles. The van der Waals surface area contributed by atoms with Gasteiger partial charge in [-0.2, -0.15) is 0 Å². The van der Waals surface area contributed by atoms with E-state index in [0.717, 1.165) is 36.1 Å². The van der Waals surface area contributed by atoms with Crippen molar-refractivity contribution in [1.82, 2.24) is 4.90 Å². The maximum absolute atomic E-state index is 6.16. The largest absolute Gasteiger partial charge is 0.495 e. The minimum Gasteiger partial charge on any atom is -0.399 e. The van der Waals surface area contributed by atoms with Crippen molar-refractivity contribution < 1.29 is 9.31 Å². The summed E-state index contributed by atoms with van der Waals surface area (Å²) >= 11 is 3.71. The zero-order valence-electron chi connectivity index (χ0n) is 14.7. The van der Waals surface area contributed by atoms with Crippen molar-refractivity contribution in [2.45, 2.75) is 38.9 Å². The molecule has 0 atom stereocenters. The smallest absolute Gasteiger partial charge is 0.399 e. The zero-order valence-corrected chi connectivity index (χ0v) is 16.3. The van der Waals surface area contributed by atoms with Gasteiger partial charge in [0.15, 0.2) is 0 Å². The van der Waals surface area contributed by atoms with Gasteiger partial charge in [-0.15, -0.1) is 0 Å². The fourth-order valence-electron chi connectivity index (χ4n) is 2.94. The lowest BCUT2D eigenvalue weighted by Gasteiger charge is -2.34. The molecule has 2 aliphatic rings. The van der Waals surface area contributed by atoms with E-state index in [1.165, 1.54) is 5.69 Å². The lowest BCUT2D eigenvalue weighted by molar-refractivity contribution is 0.00578. The van der Waals surface area contributed by atoms with Gasteiger partial charge in [0, 0.05) is 36.3 Å². The quantitative estimate of drug-likeness (QED) is 0.736. The molecule has 4 nitrogen and oxygen atoms in total. The molecule has 2 fully saturated rings. The molecule has 0 unspecified atom stereocenters. The van der Waals surface area contributed by atoms with Crippen LogP contribution >= 0.6 is 15.9 Å². The van der Waals surface area contributed by atoms with E-state index in [-0.39, 0.29) is 18.3 Å². The van der Waals surface area contributed by atoms with E-state index in [0.29, 0.717) is 0 Å². The van der Waals surface area contributed by atoms with Crippen LogP contribution in [0.15, 0.2) is 22.7 Å². The highest BCUT2D eigenvalue weighted by atomic mass is 79.9. The maximum atomic E-state index is 6.16. The van der Waals surface area contributed by atoms with Crippen LogP contribution in [0.4, 0.5) is 5.69 Å². The van der Waals surface area contributed by atoms with Crippen molar-refractivity contribution in [2.24, 2.45) is 0 Å². The first-order valence-electron chi connectivity index (χ1n) is 8.28. The second kappa shape index (κ2) is 6.06. The van der Waals surface area contributed by atoms with Gasteiger partial charge in [-0.3, -0.25) is 0 Å². The summed E-state index contributed by atoms with van der Waals surface area (Å²) in [4.78, 5) is 4.79. The minimum atomic E-state index is -0.323. The van der Waals surface area contributed by atoms with Crippen LogP contribution in [-0.2, 0) is 9.31 Å². The number of hydrogen-bond acceptors (Lipinski definition) is 4. The molecule has 126 valence electrons. The Balaban J connectivity index is 1.78. The summed E-state index contributed by atoms with van der Waals surface area (Å²) in [5.41, 5.74) is 1.69. The first kappa shape index (κ1) is 17.3. The second-order valence-corrected chi connectivity index (χ2v) is 8.44. The molecule has 1 aromatic carbocycles. The molecule has 6 heteroatoms. The Morgan fingerprint density at radius 2 is 1.57 bits per heavy atom. The summed E-state index contributed by atoms with van der Waals surface area (Å²) in [6, 6.07) is 6.49. The summed E-state index contributed by atoms with van der Waals surface area (Å²) in [6.45, 7) is 12.7. The predicted molar refractivity (Wildman–Crippen MR) is 99.6 cm³/mol. The number of hydrogen-bond donors (Lipinski definition) is 0. The van der Waals surface area contributed by atoms with Gasteiger partial charge in [0.05, 0.1) is 11.2 Å². The Morgan fingerprint density at radius 3 is 2.09 bits per heavy atom. The molecular weight excluding hydrogens is 355 g/mol. The third-order valence-electron chi connectivity index (χ3n) is 5.36. The molecule has 2 aliphatic heterocycles. The first-order chi connectivity index (χ1) is 10.7. The van der Waals surface area contributed by atoms with Gasteiger partial charge in [-0.1, -0.05) is 22.0 Å². The van der Waals surface area contributed by atoms with Gasteiger partial charge in [-0.05, 0) is 52.3 Å². The minimum absolute atomic E-state index is 0.312. The van der Waals surface area contributed by atoms with Gasteiger partial charge in [0.2, 0.25) is 0 Å². The van der Waals surface area contributed by atoms with Crippen LogP contribution in [0.2, 0.25) is 0 Å². The summed E-state index contributed by atoms with van der Waals surface area (Å²) in [7, 11) is 1.85. The third-order valence-corrected chi connectivity index (χ3v) is 6.05. The molecule has 23 heavy (non-hydrogen) atoms. The van der Waals surface area contributed by atoms with E-state index in [2.05, 4.69) is 78.7 Å². The number of nitrogens with zero attached hydrogens (tertiary/aromatic N) is 2. The van der Waals surface area contributed by atoms with Gasteiger partial charge >= 0.3 is 7.12 Å². The molecule has 0 radical (unpaired) electrons. The Labute approximate surface area is 148 Å². The van der Waals surface area contributed by atoms with Crippen LogP contribution in [0.25, 0.3) is 0 Å². The Kier molecular flexibility index (Phi) is 4.55. The van der Waals surface area contributed by atoms with Gasteiger partial charge < -0.3 is 19.1 Å². The van der Waals surface area contributed by atoms with E-state index in [1.807, 2.05) is 0 Å². The first-order valence-corrected chi connectivity index (χ1v) is 9.07. The highest BCUT2D eigenvalue weighted by Gasteiger charge is 2.52. The van der Waals surface area contributed by atoms with Gasteiger partial charge in [-0.25, -0.2) is 0 Å². The molecule has 2 heterocycles. The van der Waals surface area contributed by atoms with E-state index in [9.17, 15) is 0 Å². The molecule has 0 N–H and O–H groups in total. The molecule has 0 bridgehead atoms. The molecule has 0 spiro atoms. The van der Waals surface area contributed by atoms with E-state index >= 15 is 0 Å². The second-order valence-electron chi connectivity index (χ2n) is 7.58. The van der Waals surface area contributed by atoms with Crippen LogP contribution in [0.1, 0.15) is 27.7 Å². The Morgan fingerprint density at radius 1 is 1.00 bits per heavy atom. The van der Waals surface area contributed by atoms with Crippen LogP contribution in [0, 0.1) is 0 Å². The predicted octanol–water partition coefficient (Wildman–Crippen LogP) is 2.50. The SMILES string of the molecule is CN1CCN(c2ccc(B3OC(C)(C)C(C)(C)O3)c(Br)c2)CC1. The van der Waals surface area contributed by atoms with Crippen molar-refractivity contribution in [3.05, 3.63) is 22.7 Å². The molecule has 0 saturated carbocycles. The highest BCUT2D eigenvalue weighted by Crippen LogP contribution is 2.37. The Hall–Kier alpha value is -0.555. The number of benzene rings is 1. The fraction of sp³-hybridized carbons (Fsp3) is 0.647. The number of piperazine rings is 1. The monoisotopic (exact) mass is 380 g/mol. The Bertz CT molecular complexity index is 570. The average Bonchev–Trinajstić information content (AvgIpc) is 2.68. The zero-order chi connectivity index (χ0) is 16.8. The normalized spacial score (nSPS) is 24.3. The van der Waals surface area contributed by atoms with Gasteiger partial charge in [0.1, 0.15) is 0 Å².